The Balaban J connectivity index is 0.0000000992. The smallest absolute Gasteiger partial charge is 0.0548 e. The number of allylic oxidation sites excluding steroid dienone is 8. The molecule has 416 valence electrons. The maximum atomic E-state index is 10.2. The summed E-state index contributed by atoms with van der Waals surface area (Å²) in [5.74, 6) is 11.7. The van der Waals surface area contributed by atoms with E-state index in [0.29, 0.717) is 39.4 Å². The lowest BCUT2D eigenvalue weighted by atomic mass is 9.46. The average Bonchev–Trinajstić information content (AvgIpc) is 4.26. The van der Waals surface area contributed by atoms with Gasteiger partial charge in [-0.2, -0.15) is 0 Å². The molecule has 0 radical (unpaired) electrons. The molecule has 0 aromatic heterocycles. The normalized spacial score (nSPS) is 45.4. The molecule has 0 aliphatic heterocycles. The Morgan fingerprint density at radius 3 is 2.24 bits per heavy atom. The zero-order chi connectivity index (χ0) is 53.8. The number of aryl methyl sites for hydroxylation is 2. The minimum atomic E-state index is -0.125. The van der Waals surface area contributed by atoms with Gasteiger partial charge >= 0.3 is 0 Å². The number of aliphatic hydroxyl groups excluding tert-OH is 2. The summed E-state index contributed by atoms with van der Waals surface area (Å²) in [5.41, 5.74) is 12.3. The molecular weight excluding hydrogens is 945 g/mol. The monoisotopic (exact) mass is 1040 g/mol. The summed E-state index contributed by atoms with van der Waals surface area (Å²) >= 11 is 0. The van der Waals surface area contributed by atoms with Crippen LogP contribution in [0.2, 0.25) is 0 Å². The van der Waals surface area contributed by atoms with Gasteiger partial charge in [0.2, 0.25) is 0 Å². The van der Waals surface area contributed by atoms with E-state index in [1.165, 1.54) is 144 Å². The van der Waals surface area contributed by atoms with E-state index in [-0.39, 0.29) is 23.0 Å². The number of rotatable bonds is 0. The highest BCUT2D eigenvalue weighted by atomic mass is 16.3. The number of fused-ring (bicyclic) bond motifs is 19. The zero-order valence-electron chi connectivity index (χ0n) is 49.4. The van der Waals surface area contributed by atoms with Crippen molar-refractivity contribution >= 4 is 10.8 Å². The standard InChI is InChI=1S/C21H26O.C19H30O.C18H24.C18H20/c1-4-14-6-8-18-17-7-5-15-13-16(22)9-11-21(15,3)19(17)10-12-20(14,18)2;1-18-10-8-16-15(17(18)11-14(20)12-18)7-6-13-5-3-4-9-19(13,16)2;2*1-18-11-4-7-17(18)16-9-8-13-5-2-3-6-14(13)15(16)10-12-18/h1,5,7,10,12,14-16,18,22H,6,8-9,11,13H2,2-3H3;4,9,13-17,20H,3,5-8,10-12H2,1-2H3;2-3,5-6,15-17H,4,7-12H2,1H3;2-3,5-6,8-9,17H,4,7,10-12H2,1H3/t14-,15+,16+,18?,20?,21-;13-,14?,15?,16?,17?,18-,19+;15?,16?,17?,18-;17?,18-/m0100/s1. The van der Waals surface area contributed by atoms with Gasteiger partial charge in [-0.05, 0) is 278 Å². The second-order valence-corrected chi connectivity index (χ2v) is 30.7. The highest BCUT2D eigenvalue weighted by Gasteiger charge is 2.58. The maximum absolute atomic E-state index is 10.2. The predicted octanol–water partition coefficient (Wildman–Crippen LogP) is 18.8. The van der Waals surface area contributed by atoms with E-state index < -0.39 is 0 Å². The Morgan fingerprint density at radius 1 is 0.564 bits per heavy atom. The molecule has 2 nitrogen and oxygen atoms in total. The van der Waals surface area contributed by atoms with Crippen LogP contribution in [-0.4, -0.2) is 22.4 Å². The number of benzene rings is 3. The van der Waals surface area contributed by atoms with Crippen LogP contribution in [0, 0.1) is 98.1 Å². The van der Waals surface area contributed by atoms with E-state index in [1.807, 2.05) is 0 Å². The van der Waals surface area contributed by atoms with Gasteiger partial charge in [-0.3, -0.25) is 0 Å². The fourth-order valence-electron chi connectivity index (χ4n) is 22.4. The van der Waals surface area contributed by atoms with Gasteiger partial charge in [-0.1, -0.05) is 152 Å². The van der Waals surface area contributed by atoms with E-state index in [1.54, 1.807) is 22.3 Å². The van der Waals surface area contributed by atoms with Crippen molar-refractivity contribution in [3.05, 3.63) is 131 Å². The summed E-state index contributed by atoms with van der Waals surface area (Å²) in [6, 6.07) is 22.9. The van der Waals surface area contributed by atoms with Crippen molar-refractivity contribution < 1.29 is 10.2 Å². The molecule has 8 saturated carbocycles. The van der Waals surface area contributed by atoms with Crippen LogP contribution < -0.4 is 0 Å². The van der Waals surface area contributed by atoms with E-state index in [4.69, 9.17) is 6.42 Å². The molecule has 2 heteroatoms. The Bertz CT molecular complexity index is 2910. The lowest BCUT2D eigenvalue weighted by molar-refractivity contribution is -0.0679. The Kier molecular flexibility index (Phi) is 14.0. The third kappa shape index (κ3) is 8.82. The van der Waals surface area contributed by atoms with Crippen molar-refractivity contribution in [1.82, 2.24) is 0 Å². The lowest BCUT2D eigenvalue weighted by Crippen LogP contribution is -2.50. The van der Waals surface area contributed by atoms with Crippen LogP contribution in [0.1, 0.15) is 223 Å². The SMILES string of the molecule is C#C[C@H]1CCC2C3=C(C=CC21C)[C@@]1(C)CC[C@@H](O)C[C@H]1C=C3.C[C@@]12CCCC1C1CCc3ccccc3C1CC2.C[C@@]12CCCC1c1ccc3ccccc3c1CC2.C[C@]12CCC3C(CC[C@H]4CCC=C[C@]34C)C1CC(O)C2. The van der Waals surface area contributed by atoms with Crippen LogP contribution in [0.4, 0.5) is 0 Å². The highest BCUT2D eigenvalue weighted by Crippen LogP contribution is 2.66. The number of aliphatic hydroxyl groups is 2. The summed E-state index contributed by atoms with van der Waals surface area (Å²) in [7, 11) is 0. The van der Waals surface area contributed by atoms with Crippen molar-refractivity contribution in [3.63, 3.8) is 0 Å². The molecule has 78 heavy (non-hydrogen) atoms. The second kappa shape index (κ2) is 20.4. The van der Waals surface area contributed by atoms with Crippen LogP contribution in [-0.2, 0) is 12.8 Å². The van der Waals surface area contributed by atoms with Gasteiger partial charge in [0.1, 0.15) is 0 Å². The average molecular weight is 1050 g/mol. The molecule has 16 rings (SSSR count). The van der Waals surface area contributed by atoms with Gasteiger partial charge in [-0.15, -0.1) is 12.3 Å². The molecule has 13 aliphatic rings. The van der Waals surface area contributed by atoms with E-state index >= 15 is 0 Å². The van der Waals surface area contributed by atoms with Crippen LogP contribution in [0.3, 0.4) is 0 Å². The first kappa shape index (κ1) is 53.7. The fourth-order valence-corrected chi connectivity index (χ4v) is 22.4. The third-order valence-corrected chi connectivity index (χ3v) is 27.0. The number of hydrogen-bond donors (Lipinski definition) is 2. The fraction of sp³-hybridized carbons (Fsp3) is 0.658. The van der Waals surface area contributed by atoms with Crippen molar-refractivity contribution in [2.24, 2.45) is 85.8 Å². The molecule has 3 aromatic carbocycles. The molecule has 0 heterocycles. The predicted molar refractivity (Wildman–Crippen MR) is 325 cm³/mol. The summed E-state index contributed by atoms with van der Waals surface area (Å²) in [4.78, 5) is 0. The second-order valence-electron chi connectivity index (χ2n) is 30.7. The topological polar surface area (TPSA) is 40.5 Å². The molecule has 3 aromatic rings. The Labute approximate surface area is 473 Å². The first-order valence-electron chi connectivity index (χ1n) is 32.8. The van der Waals surface area contributed by atoms with E-state index in [9.17, 15) is 10.2 Å². The van der Waals surface area contributed by atoms with Crippen LogP contribution in [0.15, 0.2) is 108 Å². The van der Waals surface area contributed by atoms with Gasteiger partial charge in [0.05, 0.1) is 12.2 Å². The summed E-state index contributed by atoms with van der Waals surface area (Å²) in [5, 5.41) is 23.1. The first-order valence-corrected chi connectivity index (χ1v) is 32.8. The number of hydrogen-bond acceptors (Lipinski definition) is 2. The largest absolute Gasteiger partial charge is 0.393 e. The van der Waals surface area contributed by atoms with Crippen molar-refractivity contribution in [1.29, 1.82) is 0 Å². The molecule has 10 unspecified atom stereocenters. The highest BCUT2D eigenvalue weighted by molar-refractivity contribution is 5.87. The lowest BCUT2D eigenvalue weighted by Gasteiger charge is -2.58. The van der Waals surface area contributed by atoms with Crippen LogP contribution in [0.25, 0.3) is 10.8 Å². The minimum absolute atomic E-state index is 0.0174. The third-order valence-electron chi connectivity index (χ3n) is 27.0. The quantitative estimate of drug-likeness (QED) is 0.174. The molecule has 0 spiro atoms. The summed E-state index contributed by atoms with van der Waals surface area (Å²) < 4.78 is 0. The molecular formula is C76H100O2. The molecule has 19 atom stereocenters. The van der Waals surface area contributed by atoms with E-state index in [2.05, 4.69) is 145 Å². The van der Waals surface area contributed by atoms with E-state index in [0.717, 1.165) is 85.9 Å². The van der Waals surface area contributed by atoms with Gasteiger partial charge in [0.25, 0.3) is 0 Å². The van der Waals surface area contributed by atoms with Crippen molar-refractivity contribution in [3.8, 4) is 12.3 Å². The van der Waals surface area contributed by atoms with Gasteiger partial charge in [0, 0.05) is 11.3 Å². The summed E-state index contributed by atoms with van der Waals surface area (Å²) in [6.07, 6.45) is 53.2. The molecule has 0 bridgehead atoms. The number of terminal acetylenes is 1. The molecule has 13 aliphatic carbocycles. The van der Waals surface area contributed by atoms with Gasteiger partial charge < -0.3 is 10.2 Å². The van der Waals surface area contributed by atoms with Gasteiger partial charge in [0.15, 0.2) is 0 Å². The minimum Gasteiger partial charge on any atom is -0.393 e. The van der Waals surface area contributed by atoms with Crippen molar-refractivity contribution in [2.45, 2.75) is 226 Å². The van der Waals surface area contributed by atoms with Crippen LogP contribution in [0.5, 0.6) is 0 Å². The maximum Gasteiger partial charge on any atom is 0.0548 e. The Hall–Kier alpha value is -3.64. The Morgan fingerprint density at radius 2 is 1.37 bits per heavy atom. The van der Waals surface area contributed by atoms with Gasteiger partial charge in [-0.25, -0.2) is 0 Å². The molecule has 8 fully saturated rings. The molecule has 2 N–H and O–H groups in total. The zero-order valence-corrected chi connectivity index (χ0v) is 49.4. The first-order chi connectivity index (χ1) is 37.6. The van der Waals surface area contributed by atoms with Crippen LogP contribution >= 0.6 is 0 Å². The van der Waals surface area contributed by atoms with Crippen molar-refractivity contribution in [2.75, 3.05) is 0 Å². The molecule has 0 saturated heterocycles. The summed E-state index contributed by atoms with van der Waals surface area (Å²) in [6.45, 7) is 14.9. The molecule has 0 amide bonds.